The van der Waals surface area contributed by atoms with Crippen LogP contribution in [-0.4, -0.2) is 17.8 Å². The van der Waals surface area contributed by atoms with E-state index in [9.17, 15) is 0 Å². The van der Waals surface area contributed by atoms with Crippen LogP contribution in [0.1, 0.15) is 6.92 Å². The number of aliphatic hydroxyl groups excluding tert-OH is 1. The van der Waals surface area contributed by atoms with E-state index in [0.29, 0.717) is 0 Å². The average molecular weight is 188 g/mol. The Kier molecular flexibility index (Phi) is 5.51. The number of anilines is 1. The maximum absolute atomic E-state index is 8.73. The maximum Gasteiger partial charge on any atom is 0.0630 e. The molecular formula is C9H14ClNO. The Morgan fingerprint density at radius 2 is 1.92 bits per heavy atom. The predicted octanol–water partition coefficient (Wildman–Crippen LogP) is 1.90. The zero-order chi connectivity index (χ0) is 8.10. The zero-order valence-electron chi connectivity index (χ0n) is 7.03. The van der Waals surface area contributed by atoms with Gasteiger partial charge < -0.3 is 10.4 Å². The van der Waals surface area contributed by atoms with Crippen LogP contribution in [0.25, 0.3) is 0 Å². The number of para-hydroxylation sites is 1. The van der Waals surface area contributed by atoms with Gasteiger partial charge in [-0.3, -0.25) is 0 Å². The lowest BCUT2D eigenvalue weighted by Crippen LogP contribution is -2.18. The molecule has 3 heteroatoms. The zero-order valence-corrected chi connectivity index (χ0v) is 7.84. The molecule has 68 valence electrons. The van der Waals surface area contributed by atoms with E-state index in [1.54, 1.807) is 0 Å². The average Bonchev–Trinajstić information content (AvgIpc) is 2.06. The molecule has 0 spiro atoms. The van der Waals surface area contributed by atoms with E-state index in [0.717, 1.165) is 5.69 Å². The third kappa shape index (κ3) is 3.60. The molecule has 2 N–H and O–H groups in total. The Morgan fingerprint density at radius 1 is 1.33 bits per heavy atom. The van der Waals surface area contributed by atoms with Gasteiger partial charge in [0, 0.05) is 11.7 Å². The largest absolute Gasteiger partial charge is 0.394 e. The van der Waals surface area contributed by atoms with Gasteiger partial charge in [0.15, 0.2) is 0 Å². The fourth-order valence-electron chi connectivity index (χ4n) is 0.865. The standard InChI is InChI=1S/C9H13NO.ClH/c1-8(7-11)10-9-5-3-2-4-6-9;/h2-6,8,10-11H,7H2,1H3;1H/t8-;/m0./s1. The summed E-state index contributed by atoms with van der Waals surface area (Å²) in [4.78, 5) is 0. The normalized spacial score (nSPS) is 11.5. The molecule has 0 aliphatic heterocycles. The van der Waals surface area contributed by atoms with Crippen LogP contribution in [0.3, 0.4) is 0 Å². The van der Waals surface area contributed by atoms with Crippen molar-refractivity contribution in [1.29, 1.82) is 0 Å². The van der Waals surface area contributed by atoms with Crippen LogP contribution in [0.5, 0.6) is 0 Å². The van der Waals surface area contributed by atoms with Crippen LogP contribution in [0, 0.1) is 0 Å². The second kappa shape index (κ2) is 5.86. The van der Waals surface area contributed by atoms with Gasteiger partial charge in [-0.05, 0) is 19.1 Å². The number of halogens is 1. The van der Waals surface area contributed by atoms with E-state index in [2.05, 4.69) is 5.32 Å². The van der Waals surface area contributed by atoms with Gasteiger partial charge in [-0.25, -0.2) is 0 Å². The molecule has 0 radical (unpaired) electrons. The first-order valence-corrected chi connectivity index (χ1v) is 3.75. The highest BCUT2D eigenvalue weighted by atomic mass is 35.5. The summed E-state index contributed by atoms with van der Waals surface area (Å²) in [6.45, 7) is 2.10. The van der Waals surface area contributed by atoms with Crippen molar-refractivity contribution in [3.05, 3.63) is 30.3 Å². The molecule has 0 bridgehead atoms. The predicted molar refractivity (Wildman–Crippen MR) is 53.9 cm³/mol. The molecule has 1 aromatic rings. The second-order valence-electron chi connectivity index (χ2n) is 2.59. The summed E-state index contributed by atoms with van der Waals surface area (Å²) in [5.41, 5.74) is 1.05. The Hall–Kier alpha value is -0.730. The van der Waals surface area contributed by atoms with E-state index in [1.807, 2.05) is 37.3 Å². The first-order valence-electron chi connectivity index (χ1n) is 3.75. The fourth-order valence-corrected chi connectivity index (χ4v) is 0.865. The Labute approximate surface area is 79.0 Å². The van der Waals surface area contributed by atoms with Gasteiger partial charge in [0.25, 0.3) is 0 Å². The Morgan fingerprint density at radius 3 is 2.42 bits per heavy atom. The highest BCUT2D eigenvalue weighted by Crippen LogP contribution is 2.05. The van der Waals surface area contributed by atoms with Gasteiger partial charge in [-0.2, -0.15) is 0 Å². The monoisotopic (exact) mass is 187 g/mol. The molecule has 12 heavy (non-hydrogen) atoms. The summed E-state index contributed by atoms with van der Waals surface area (Å²) in [6, 6.07) is 9.98. The van der Waals surface area contributed by atoms with Gasteiger partial charge in [0.2, 0.25) is 0 Å². The third-order valence-electron chi connectivity index (χ3n) is 1.46. The van der Waals surface area contributed by atoms with Crippen molar-refractivity contribution >= 4 is 18.1 Å². The van der Waals surface area contributed by atoms with E-state index in [4.69, 9.17) is 5.11 Å². The number of rotatable bonds is 3. The molecule has 1 rings (SSSR count). The first-order chi connectivity index (χ1) is 5.33. The molecule has 0 saturated carbocycles. The minimum absolute atomic E-state index is 0. The summed E-state index contributed by atoms with van der Waals surface area (Å²) in [5.74, 6) is 0. The second-order valence-corrected chi connectivity index (χ2v) is 2.59. The summed E-state index contributed by atoms with van der Waals surface area (Å²) in [5, 5.41) is 11.9. The van der Waals surface area contributed by atoms with Crippen molar-refractivity contribution in [2.75, 3.05) is 11.9 Å². The number of nitrogens with one attached hydrogen (secondary N) is 1. The molecule has 2 nitrogen and oxygen atoms in total. The molecular weight excluding hydrogens is 174 g/mol. The number of benzene rings is 1. The summed E-state index contributed by atoms with van der Waals surface area (Å²) in [7, 11) is 0. The topological polar surface area (TPSA) is 32.3 Å². The van der Waals surface area contributed by atoms with Crippen LogP contribution < -0.4 is 5.32 Å². The lowest BCUT2D eigenvalue weighted by Gasteiger charge is -2.11. The van der Waals surface area contributed by atoms with Crippen LogP contribution in [0.4, 0.5) is 5.69 Å². The van der Waals surface area contributed by atoms with Gasteiger partial charge >= 0.3 is 0 Å². The van der Waals surface area contributed by atoms with E-state index >= 15 is 0 Å². The van der Waals surface area contributed by atoms with Crippen molar-refractivity contribution in [2.24, 2.45) is 0 Å². The molecule has 0 aromatic heterocycles. The minimum atomic E-state index is 0. The van der Waals surface area contributed by atoms with Crippen molar-refractivity contribution in [2.45, 2.75) is 13.0 Å². The number of hydrogen-bond acceptors (Lipinski definition) is 2. The lowest BCUT2D eigenvalue weighted by atomic mass is 10.3. The van der Waals surface area contributed by atoms with Crippen LogP contribution >= 0.6 is 12.4 Å². The molecule has 0 amide bonds. The molecule has 0 aliphatic rings. The summed E-state index contributed by atoms with van der Waals surface area (Å²) >= 11 is 0. The molecule has 0 heterocycles. The van der Waals surface area contributed by atoms with E-state index in [-0.39, 0.29) is 25.1 Å². The van der Waals surface area contributed by atoms with E-state index < -0.39 is 0 Å². The Balaban J connectivity index is 0.00000121. The maximum atomic E-state index is 8.73. The van der Waals surface area contributed by atoms with Gasteiger partial charge in [-0.15, -0.1) is 12.4 Å². The van der Waals surface area contributed by atoms with Crippen LogP contribution in [-0.2, 0) is 0 Å². The van der Waals surface area contributed by atoms with E-state index in [1.165, 1.54) is 0 Å². The molecule has 0 unspecified atom stereocenters. The third-order valence-corrected chi connectivity index (χ3v) is 1.46. The van der Waals surface area contributed by atoms with Crippen LogP contribution in [0.2, 0.25) is 0 Å². The Bertz CT molecular complexity index is 203. The quantitative estimate of drug-likeness (QED) is 0.758. The number of hydrogen-bond donors (Lipinski definition) is 2. The van der Waals surface area contributed by atoms with Crippen molar-refractivity contribution < 1.29 is 5.11 Å². The smallest absolute Gasteiger partial charge is 0.0630 e. The molecule has 0 aliphatic carbocycles. The molecule has 0 saturated heterocycles. The van der Waals surface area contributed by atoms with Crippen molar-refractivity contribution in [1.82, 2.24) is 0 Å². The summed E-state index contributed by atoms with van der Waals surface area (Å²) < 4.78 is 0. The first kappa shape index (κ1) is 11.3. The summed E-state index contributed by atoms with van der Waals surface area (Å²) in [6.07, 6.45) is 0. The number of aliphatic hydroxyl groups is 1. The lowest BCUT2D eigenvalue weighted by molar-refractivity contribution is 0.281. The molecule has 0 fully saturated rings. The SMILES string of the molecule is C[C@@H](CO)Nc1ccccc1.Cl. The highest BCUT2D eigenvalue weighted by molar-refractivity contribution is 5.85. The van der Waals surface area contributed by atoms with Crippen LogP contribution in [0.15, 0.2) is 30.3 Å². The van der Waals surface area contributed by atoms with Gasteiger partial charge in [-0.1, -0.05) is 18.2 Å². The van der Waals surface area contributed by atoms with Gasteiger partial charge in [0.1, 0.15) is 0 Å². The van der Waals surface area contributed by atoms with Crippen molar-refractivity contribution in [3.8, 4) is 0 Å². The van der Waals surface area contributed by atoms with Gasteiger partial charge in [0.05, 0.1) is 6.61 Å². The van der Waals surface area contributed by atoms with Crippen molar-refractivity contribution in [3.63, 3.8) is 0 Å². The molecule has 1 atom stereocenters. The molecule has 1 aromatic carbocycles. The fraction of sp³-hybridized carbons (Fsp3) is 0.333. The highest BCUT2D eigenvalue weighted by Gasteiger charge is 1.96. The minimum Gasteiger partial charge on any atom is -0.394 e.